The molecule has 3 N–H and O–H groups in total. The standard InChI is InChI=1S/C26H24N2O4S/c1-2-17-9-13-21(14-10-17)27-26-28-24(29)23(33-26)15-20-5-3-4-6-22(20)32-16-18-7-11-19(12-8-18)25(30)31/h3-15,26-27H,2,16H2,1H3,(H,28,29)(H,30,31)/b23-15-. The summed E-state index contributed by atoms with van der Waals surface area (Å²) in [6.07, 6.45) is 2.81. The minimum atomic E-state index is -0.961. The van der Waals surface area contributed by atoms with Crippen LogP contribution in [0.15, 0.2) is 77.7 Å². The van der Waals surface area contributed by atoms with E-state index in [1.54, 1.807) is 24.3 Å². The fraction of sp³-hybridized carbons (Fsp3) is 0.154. The maximum atomic E-state index is 12.5. The molecular formula is C26H24N2O4S. The van der Waals surface area contributed by atoms with Crippen LogP contribution < -0.4 is 15.4 Å². The molecule has 1 aliphatic rings. The number of carboxylic acid groups (broad SMARTS) is 1. The summed E-state index contributed by atoms with van der Waals surface area (Å²) in [6, 6.07) is 22.2. The fourth-order valence-electron chi connectivity index (χ4n) is 3.33. The van der Waals surface area contributed by atoms with E-state index in [4.69, 9.17) is 9.84 Å². The monoisotopic (exact) mass is 460 g/mol. The highest BCUT2D eigenvalue weighted by Crippen LogP contribution is 2.32. The van der Waals surface area contributed by atoms with Crippen molar-refractivity contribution in [3.63, 3.8) is 0 Å². The molecule has 168 valence electrons. The van der Waals surface area contributed by atoms with Gasteiger partial charge in [-0.1, -0.05) is 61.2 Å². The summed E-state index contributed by atoms with van der Waals surface area (Å²) in [4.78, 5) is 24.1. The number of hydrogen-bond acceptors (Lipinski definition) is 5. The van der Waals surface area contributed by atoms with Crippen molar-refractivity contribution in [2.45, 2.75) is 25.4 Å². The Morgan fingerprint density at radius 2 is 1.76 bits per heavy atom. The molecule has 0 spiro atoms. The van der Waals surface area contributed by atoms with E-state index in [9.17, 15) is 9.59 Å². The van der Waals surface area contributed by atoms with Crippen molar-refractivity contribution < 1.29 is 19.4 Å². The van der Waals surface area contributed by atoms with Crippen LogP contribution >= 0.6 is 11.8 Å². The van der Waals surface area contributed by atoms with E-state index in [1.807, 2.05) is 42.5 Å². The lowest BCUT2D eigenvalue weighted by molar-refractivity contribution is -0.116. The molecule has 1 saturated heterocycles. The van der Waals surface area contributed by atoms with Crippen LogP contribution in [0.4, 0.5) is 5.69 Å². The third-order valence-corrected chi connectivity index (χ3v) is 6.22. The number of carboxylic acids is 1. The molecule has 6 nitrogen and oxygen atoms in total. The smallest absolute Gasteiger partial charge is 0.335 e. The summed E-state index contributed by atoms with van der Waals surface area (Å²) in [5.74, 6) is -0.452. The number of benzene rings is 3. The van der Waals surface area contributed by atoms with Gasteiger partial charge in [0.05, 0.1) is 10.5 Å². The number of aryl methyl sites for hydroxylation is 1. The predicted octanol–water partition coefficient (Wildman–Crippen LogP) is 5.13. The second-order valence-corrected chi connectivity index (χ2v) is 8.65. The minimum Gasteiger partial charge on any atom is -0.488 e. The Morgan fingerprint density at radius 3 is 2.45 bits per heavy atom. The first-order valence-corrected chi connectivity index (χ1v) is 11.5. The highest BCUT2D eigenvalue weighted by atomic mass is 32.2. The number of ether oxygens (including phenoxy) is 1. The number of rotatable bonds is 8. The molecular weight excluding hydrogens is 436 g/mol. The van der Waals surface area contributed by atoms with E-state index in [0.717, 1.165) is 23.2 Å². The van der Waals surface area contributed by atoms with Gasteiger partial charge in [-0.25, -0.2) is 4.79 Å². The molecule has 1 fully saturated rings. The van der Waals surface area contributed by atoms with Crippen LogP contribution in [0.2, 0.25) is 0 Å². The van der Waals surface area contributed by atoms with Gasteiger partial charge in [-0.3, -0.25) is 4.79 Å². The molecule has 1 amide bonds. The number of nitrogens with one attached hydrogen (secondary N) is 2. The first-order valence-electron chi connectivity index (χ1n) is 10.6. The minimum absolute atomic E-state index is 0.137. The second-order valence-electron chi connectivity index (χ2n) is 7.50. The zero-order valence-corrected chi connectivity index (χ0v) is 18.9. The Hall–Kier alpha value is -3.71. The Morgan fingerprint density at radius 1 is 1.06 bits per heavy atom. The summed E-state index contributed by atoms with van der Waals surface area (Å²) in [5.41, 5.74) is 3.84. The number of para-hydroxylation sites is 1. The van der Waals surface area contributed by atoms with Crippen LogP contribution in [0.1, 0.15) is 34.0 Å². The Balaban J connectivity index is 1.43. The van der Waals surface area contributed by atoms with Crippen molar-refractivity contribution in [3.05, 3.63) is 100.0 Å². The molecule has 0 radical (unpaired) electrons. The van der Waals surface area contributed by atoms with Crippen molar-refractivity contribution in [3.8, 4) is 5.75 Å². The van der Waals surface area contributed by atoms with Crippen molar-refractivity contribution in [1.82, 2.24) is 5.32 Å². The maximum Gasteiger partial charge on any atom is 0.335 e. The lowest BCUT2D eigenvalue weighted by Gasteiger charge is -2.13. The number of aromatic carboxylic acids is 1. The van der Waals surface area contributed by atoms with Crippen LogP contribution in [0, 0.1) is 0 Å². The summed E-state index contributed by atoms with van der Waals surface area (Å²) >= 11 is 1.42. The Bertz CT molecular complexity index is 1170. The third-order valence-electron chi connectivity index (χ3n) is 5.19. The molecule has 1 unspecified atom stereocenters. The topological polar surface area (TPSA) is 87.7 Å². The van der Waals surface area contributed by atoms with Gasteiger partial charge >= 0.3 is 5.97 Å². The number of anilines is 1. The van der Waals surface area contributed by atoms with Gasteiger partial charge in [0.25, 0.3) is 5.91 Å². The number of hydrogen-bond donors (Lipinski definition) is 3. The maximum absolute atomic E-state index is 12.5. The molecule has 1 aliphatic heterocycles. The van der Waals surface area contributed by atoms with Crippen LogP contribution in [0.5, 0.6) is 5.75 Å². The third kappa shape index (κ3) is 5.75. The lowest BCUT2D eigenvalue weighted by Crippen LogP contribution is -2.30. The first-order chi connectivity index (χ1) is 16.0. The molecule has 0 aromatic heterocycles. The van der Waals surface area contributed by atoms with Gasteiger partial charge in [-0.15, -0.1) is 0 Å². The van der Waals surface area contributed by atoms with Crippen LogP contribution in [0.25, 0.3) is 6.08 Å². The van der Waals surface area contributed by atoms with Crippen molar-refractivity contribution in [2.75, 3.05) is 5.32 Å². The predicted molar refractivity (Wildman–Crippen MR) is 131 cm³/mol. The van der Waals surface area contributed by atoms with Crippen LogP contribution in [-0.4, -0.2) is 22.5 Å². The lowest BCUT2D eigenvalue weighted by atomic mass is 10.1. The van der Waals surface area contributed by atoms with E-state index < -0.39 is 5.97 Å². The van der Waals surface area contributed by atoms with E-state index in [-0.39, 0.29) is 23.6 Å². The zero-order chi connectivity index (χ0) is 23.2. The number of thioether (sulfide) groups is 1. The number of amides is 1. The highest BCUT2D eigenvalue weighted by Gasteiger charge is 2.27. The first kappa shape index (κ1) is 22.5. The summed E-state index contributed by atoms with van der Waals surface area (Å²) in [5, 5.41) is 15.3. The van der Waals surface area contributed by atoms with E-state index >= 15 is 0 Å². The van der Waals surface area contributed by atoms with E-state index in [2.05, 4.69) is 29.7 Å². The molecule has 3 aromatic carbocycles. The van der Waals surface area contributed by atoms with Gasteiger partial charge in [-0.05, 0) is 54.0 Å². The van der Waals surface area contributed by atoms with Crippen molar-refractivity contribution in [2.24, 2.45) is 0 Å². The quantitative estimate of drug-likeness (QED) is 0.404. The Kier molecular flexibility index (Phi) is 7.00. The summed E-state index contributed by atoms with van der Waals surface area (Å²) < 4.78 is 5.96. The van der Waals surface area contributed by atoms with Gasteiger partial charge in [0.2, 0.25) is 0 Å². The van der Waals surface area contributed by atoms with E-state index in [0.29, 0.717) is 10.7 Å². The molecule has 3 aromatic rings. The molecule has 4 rings (SSSR count). The average Bonchev–Trinajstić information content (AvgIpc) is 3.17. The number of carbonyl (C=O) groups excluding carboxylic acids is 1. The molecule has 1 heterocycles. The molecule has 1 atom stereocenters. The summed E-state index contributed by atoms with van der Waals surface area (Å²) in [6.45, 7) is 2.40. The second kappa shape index (κ2) is 10.3. The van der Waals surface area contributed by atoms with Crippen LogP contribution in [0.3, 0.4) is 0 Å². The van der Waals surface area contributed by atoms with Gasteiger partial charge in [0.15, 0.2) is 5.50 Å². The number of carbonyl (C=O) groups is 2. The molecule has 33 heavy (non-hydrogen) atoms. The van der Waals surface area contributed by atoms with Crippen molar-refractivity contribution >= 4 is 35.4 Å². The molecule has 0 bridgehead atoms. The van der Waals surface area contributed by atoms with Gasteiger partial charge in [-0.2, -0.15) is 0 Å². The molecule has 7 heteroatoms. The molecule has 0 saturated carbocycles. The fourth-order valence-corrected chi connectivity index (χ4v) is 4.31. The average molecular weight is 461 g/mol. The van der Waals surface area contributed by atoms with E-state index in [1.165, 1.54) is 17.3 Å². The normalized spacial score (nSPS) is 16.5. The van der Waals surface area contributed by atoms with Gasteiger partial charge in [0.1, 0.15) is 12.4 Å². The summed E-state index contributed by atoms with van der Waals surface area (Å²) in [7, 11) is 0. The highest BCUT2D eigenvalue weighted by molar-refractivity contribution is 8.05. The zero-order valence-electron chi connectivity index (χ0n) is 18.1. The largest absolute Gasteiger partial charge is 0.488 e. The van der Waals surface area contributed by atoms with Crippen LogP contribution in [-0.2, 0) is 17.8 Å². The van der Waals surface area contributed by atoms with Gasteiger partial charge < -0.3 is 20.5 Å². The molecule has 0 aliphatic carbocycles. The Labute approximate surface area is 196 Å². The van der Waals surface area contributed by atoms with Crippen molar-refractivity contribution in [1.29, 1.82) is 0 Å². The SMILES string of the molecule is CCc1ccc(NC2NC(=O)/C(=C/c3ccccc3OCc3ccc(C(=O)O)cc3)S2)cc1. The van der Waals surface area contributed by atoms with Gasteiger partial charge in [0, 0.05) is 11.3 Å².